The topological polar surface area (TPSA) is 91.1 Å². The van der Waals surface area contributed by atoms with Crippen LogP contribution in [-0.2, 0) is 0 Å². The Hall–Kier alpha value is -1.74. The largest absolute Gasteiger partial charge is 0.393 e. The molecule has 3 N–H and O–H groups in total. The first kappa shape index (κ1) is 13.3. The van der Waals surface area contributed by atoms with E-state index in [-0.39, 0.29) is 6.10 Å². The predicted octanol–water partition coefficient (Wildman–Crippen LogP) is 1.41. The second kappa shape index (κ2) is 5.33. The van der Waals surface area contributed by atoms with Gasteiger partial charge in [0, 0.05) is 13.1 Å². The molecule has 0 unspecified atom stereocenters. The van der Waals surface area contributed by atoms with Gasteiger partial charge in [0.25, 0.3) is 0 Å². The minimum atomic E-state index is -0.231. The highest BCUT2D eigenvalue weighted by molar-refractivity contribution is 5.65. The van der Waals surface area contributed by atoms with E-state index in [1.54, 1.807) is 0 Å². The van der Waals surface area contributed by atoms with E-state index in [1.165, 1.54) is 12.8 Å². The molecule has 0 bridgehead atoms. The zero-order valence-corrected chi connectivity index (χ0v) is 11.6. The number of aliphatic hydroxyl groups excluding tert-OH is 1. The van der Waals surface area contributed by atoms with Gasteiger partial charge in [-0.05, 0) is 25.7 Å². The van der Waals surface area contributed by atoms with Crippen LogP contribution in [0.4, 0.5) is 11.6 Å². The number of aromatic nitrogens is 2. The minimum Gasteiger partial charge on any atom is -0.393 e. The van der Waals surface area contributed by atoms with Gasteiger partial charge in [-0.2, -0.15) is 10.4 Å². The van der Waals surface area contributed by atoms with E-state index < -0.39 is 0 Å². The number of aliphatic hydroxyl groups is 1. The number of piperidine rings is 1. The van der Waals surface area contributed by atoms with Crippen molar-refractivity contribution in [3.63, 3.8) is 0 Å². The molecule has 2 aliphatic rings. The van der Waals surface area contributed by atoms with Crippen molar-refractivity contribution in [1.82, 2.24) is 9.78 Å². The van der Waals surface area contributed by atoms with Crippen LogP contribution in [0, 0.1) is 11.3 Å². The van der Waals surface area contributed by atoms with Gasteiger partial charge in [0.15, 0.2) is 5.82 Å². The summed E-state index contributed by atoms with van der Waals surface area (Å²) in [6.45, 7) is 1.47. The van der Waals surface area contributed by atoms with Gasteiger partial charge >= 0.3 is 0 Å². The Morgan fingerprint density at radius 2 is 1.85 bits per heavy atom. The fourth-order valence-corrected chi connectivity index (χ4v) is 3.27. The highest BCUT2D eigenvalue weighted by atomic mass is 16.3. The number of nitrogens with zero attached hydrogens (tertiary/aromatic N) is 4. The van der Waals surface area contributed by atoms with Crippen molar-refractivity contribution in [3.8, 4) is 6.07 Å². The highest BCUT2D eigenvalue weighted by Crippen LogP contribution is 2.35. The van der Waals surface area contributed by atoms with E-state index in [2.05, 4.69) is 16.1 Å². The lowest BCUT2D eigenvalue weighted by Gasteiger charge is -2.29. The summed E-state index contributed by atoms with van der Waals surface area (Å²) in [5.41, 5.74) is 6.62. The smallest absolute Gasteiger partial charge is 0.170 e. The standard InChI is InChI=1S/C14H21N5O/c15-9-12-13(16)19(10-3-1-2-4-10)17-14(12)18-7-5-11(20)6-8-18/h10-11,20H,1-8,16H2. The number of hydrogen-bond acceptors (Lipinski definition) is 5. The van der Waals surface area contributed by atoms with Gasteiger partial charge in [-0.25, -0.2) is 4.68 Å². The third kappa shape index (κ3) is 2.22. The Kier molecular flexibility index (Phi) is 3.53. The summed E-state index contributed by atoms with van der Waals surface area (Å²) in [6.07, 6.45) is 5.81. The zero-order chi connectivity index (χ0) is 14.1. The maximum atomic E-state index is 9.59. The summed E-state index contributed by atoms with van der Waals surface area (Å²) in [7, 11) is 0. The quantitative estimate of drug-likeness (QED) is 0.851. The van der Waals surface area contributed by atoms with E-state index >= 15 is 0 Å². The van der Waals surface area contributed by atoms with E-state index in [1.807, 2.05) is 4.68 Å². The van der Waals surface area contributed by atoms with Gasteiger partial charge in [-0.1, -0.05) is 12.8 Å². The molecule has 0 atom stereocenters. The van der Waals surface area contributed by atoms with Crippen LogP contribution in [0.2, 0.25) is 0 Å². The molecule has 1 aromatic heterocycles. The summed E-state index contributed by atoms with van der Waals surface area (Å²) >= 11 is 0. The van der Waals surface area contributed by atoms with Gasteiger partial charge in [0.2, 0.25) is 0 Å². The third-order valence-corrected chi connectivity index (χ3v) is 4.48. The van der Waals surface area contributed by atoms with Crippen LogP contribution in [0.1, 0.15) is 50.1 Å². The maximum absolute atomic E-state index is 9.59. The molecular weight excluding hydrogens is 254 g/mol. The molecule has 1 aliphatic heterocycles. The van der Waals surface area contributed by atoms with Crippen LogP contribution >= 0.6 is 0 Å². The minimum absolute atomic E-state index is 0.231. The van der Waals surface area contributed by atoms with Crippen LogP contribution < -0.4 is 10.6 Å². The molecule has 20 heavy (non-hydrogen) atoms. The highest BCUT2D eigenvalue weighted by Gasteiger charge is 2.28. The molecule has 1 saturated carbocycles. The van der Waals surface area contributed by atoms with Crippen LogP contribution in [0.3, 0.4) is 0 Å². The number of nitriles is 1. The molecule has 1 aromatic rings. The first-order valence-electron chi connectivity index (χ1n) is 7.41. The van der Waals surface area contributed by atoms with Crippen molar-refractivity contribution < 1.29 is 5.11 Å². The average molecular weight is 275 g/mol. The molecule has 0 radical (unpaired) electrons. The van der Waals surface area contributed by atoms with Crippen LogP contribution in [-0.4, -0.2) is 34.1 Å². The number of rotatable bonds is 2. The molecule has 108 valence electrons. The third-order valence-electron chi connectivity index (χ3n) is 4.48. The number of anilines is 2. The van der Waals surface area contributed by atoms with Crippen LogP contribution in [0.25, 0.3) is 0 Å². The summed E-state index contributed by atoms with van der Waals surface area (Å²) in [4.78, 5) is 2.08. The monoisotopic (exact) mass is 275 g/mol. The summed E-state index contributed by atoms with van der Waals surface area (Å²) in [6, 6.07) is 2.54. The molecule has 6 nitrogen and oxygen atoms in total. The lowest BCUT2D eigenvalue weighted by Crippen LogP contribution is -2.36. The van der Waals surface area contributed by atoms with E-state index in [0.717, 1.165) is 38.8 Å². The molecule has 1 aliphatic carbocycles. The van der Waals surface area contributed by atoms with E-state index in [4.69, 9.17) is 5.73 Å². The fraction of sp³-hybridized carbons (Fsp3) is 0.714. The van der Waals surface area contributed by atoms with Gasteiger partial charge in [-0.15, -0.1) is 0 Å². The van der Waals surface area contributed by atoms with Gasteiger partial charge in [0.1, 0.15) is 17.5 Å². The summed E-state index contributed by atoms with van der Waals surface area (Å²) in [5, 5.41) is 23.6. The zero-order valence-electron chi connectivity index (χ0n) is 11.6. The summed E-state index contributed by atoms with van der Waals surface area (Å²) < 4.78 is 1.85. The second-order valence-corrected chi connectivity index (χ2v) is 5.80. The Balaban J connectivity index is 1.90. The summed E-state index contributed by atoms with van der Waals surface area (Å²) in [5.74, 6) is 1.20. The lowest BCUT2D eigenvalue weighted by molar-refractivity contribution is 0.145. The van der Waals surface area contributed by atoms with Crippen LogP contribution in [0.15, 0.2) is 0 Å². The molecule has 0 spiro atoms. The molecule has 0 aromatic carbocycles. The maximum Gasteiger partial charge on any atom is 0.170 e. The van der Waals surface area contributed by atoms with Crippen molar-refractivity contribution in [3.05, 3.63) is 5.56 Å². The van der Waals surface area contributed by atoms with E-state index in [0.29, 0.717) is 23.2 Å². The molecule has 2 heterocycles. The predicted molar refractivity (Wildman–Crippen MR) is 76.3 cm³/mol. The number of nitrogen functional groups attached to an aromatic ring is 1. The van der Waals surface area contributed by atoms with Crippen molar-refractivity contribution in [2.45, 2.75) is 50.7 Å². The first-order valence-corrected chi connectivity index (χ1v) is 7.41. The normalized spacial score (nSPS) is 21.3. The Bertz CT molecular complexity index is 518. The molecule has 6 heteroatoms. The lowest BCUT2D eigenvalue weighted by atomic mass is 10.1. The SMILES string of the molecule is N#Cc1c(N2CCC(O)CC2)nn(C2CCCC2)c1N. The number of hydrogen-bond donors (Lipinski definition) is 2. The van der Waals surface area contributed by atoms with Gasteiger partial charge in [0.05, 0.1) is 12.1 Å². The molecule has 2 fully saturated rings. The molecular formula is C14H21N5O. The van der Waals surface area contributed by atoms with E-state index in [9.17, 15) is 10.4 Å². The first-order chi connectivity index (χ1) is 9.70. The Morgan fingerprint density at radius 1 is 1.20 bits per heavy atom. The Labute approximate surface area is 118 Å². The van der Waals surface area contributed by atoms with Crippen LogP contribution in [0.5, 0.6) is 0 Å². The fourth-order valence-electron chi connectivity index (χ4n) is 3.27. The molecule has 3 rings (SSSR count). The van der Waals surface area contributed by atoms with Crippen molar-refractivity contribution in [2.24, 2.45) is 0 Å². The number of nitrogens with two attached hydrogens (primary N) is 1. The van der Waals surface area contributed by atoms with Crippen molar-refractivity contribution in [2.75, 3.05) is 23.7 Å². The van der Waals surface area contributed by atoms with Gasteiger partial charge < -0.3 is 15.7 Å². The Morgan fingerprint density at radius 3 is 2.45 bits per heavy atom. The van der Waals surface area contributed by atoms with Gasteiger partial charge in [-0.3, -0.25) is 0 Å². The van der Waals surface area contributed by atoms with Crippen molar-refractivity contribution >= 4 is 11.6 Å². The second-order valence-electron chi connectivity index (χ2n) is 5.80. The average Bonchev–Trinajstić information content (AvgIpc) is 3.07. The van der Waals surface area contributed by atoms with Crippen molar-refractivity contribution in [1.29, 1.82) is 5.26 Å². The molecule has 0 amide bonds. The molecule has 1 saturated heterocycles.